The molecule has 0 radical (unpaired) electrons. The molecule has 0 saturated carbocycles. The van der Waals surface area contributed by atoms with E-state index in [9.17, 15) is 4.79 Å². The zero-order valence-corrected chi connectivity index (χ0v) is 14.8. The van der Waals surface area contributed by atoms with Crippen molar-refractivity contribution >= 4 is 5.91 Å². The van der Waals surface area contributed by atoms with Gasteiger partial charge in [-0.3, -0.25) is 4.79 Å². The lowest BCUT2D eigenvalue weighted by Crippen LogP contribution is -2.40. The van der Waals surface area contributed by atoms with Crippen molar-refractivity contribution in [3.05, 3.63) is 46.8 Å². The SMILES string of the molecule is Cc1cc([C@H]2CCCN2C(=O)[C@@H](C)Oc2ccc3c(c2)CCC3)on1. The van der Waals surface area contributed by atoms with Gasteiger partial charge in [-0.05, 0) is 69.2 Å². The minimum atomic E-state index is -0.510. The number of amides is 1. The van der Waals surface area contributed by atoms with Crippen LogP contribution in [0.15, 0.2) is 28.8 Å². The summed E-state index contributed by atoms with van der Waals surface area (Å²) in [5.41, 5.74) is 3.61. The fourth-order valence-corrected chi connectivity index (χ4v) is 3.98. The standard InChI is InChI=1S/C20H24N2O3/c1-13-11-19(25-21-13)18-7-4-10-22(18)20(23)14(2)24-17-9-8-15-5-3-6-16(15)12-17/h8-9,11-12,14,18H,3-7,10H2,1-2H3/t14-,18-/m1/s1. The predicted molar refractivity (Wildman–Crippen MR) is 93.5 cm³/mol. The molecule has 1 fully saturated rings. The zero-order chi connectivity index (χ0) is 17.4. The number of benzene rings is 1. The molecule has 2 aliphatic rings. The third-order valence-electron chi connectivity index (χ3n) is 5.24. The highest BCUT2D eigenvalue weighted by Gasteiger charge is 2.35. The first-order valence-electron chi connectivity index (χ1n) is 9.14. The van der Waals surface area contributed by atoms with E-state index < -0.39 is 6.10 Å². The van der Waals surface area contributed by atoms with Crippen LogP contribution in [0.2, 0.25) is 0 Å². The van der Waals surface area contributed by atoms with E-state index in [1.165, 1.54) is 17.5 Å². The van der Waals surface area contributed by atoms with Crippen molar-refractivity contribution in [2.45, 2.75) is 58.1 Å². The zero-order valence-electron chi connectivity index (χ0n) is 14.8. The number of rotatable bonds is 4. The number of likely N-dealkylation sites (tertiary alicyclic amines) is 1. The second-order valence-corrected chi connectivity index (χ2v) is 7.10. The molecule has 1 amide bonds. The Bertz CT molecular complexity index is 783. The Morgan fingerprint density at radius 2 is 2.12 bits per heavy atom. The molecule has 1 aliphatic heterocycles. The maximum absolute atomic E-state index is 12.9. The molecule has 132 valence electrons. The molecule has 4 rings (SSSR count). The first kappa shape index (κ1) is 16.2. The minimum absolute atomic E-state index is 0.0112. The molecular formula is C20H24N2O3. The van der Waals surface area contributed by atoms with E-state index in [0.29, 0.717) is 0 Å². The van der Waals surface area contributed by atoms with Gasteiger partial charge in [0.1, 0.15) is 5.75 Å². The molecule has 5 heteroatoms. The Balaban J connectivity index is 1.46. The van der Waals surface area contributed by atoms with Crippen molar-refractivity contribution in [3.8, 4) is 5.75 Å². The normalized spacial score (nSPS) is 20.6. The van der Waals surface area contributed by atoms with E-state index in [0.717, 1.165) is 49.4 Å². The van der Waals surface area contributed by atoms with E-state index in [-0.39, 0.29) is 11.9 Å². The third kappa shape index (κ3) is 3.15. The molecule has 1 aliphatic carbocycles. The van der Waals surface area contributed by atoms with Gasteiger partial charge in [0.2, 0.25) is 0 Å². The highest BCUT2D eigenvalue weighted by molar-refractivity contribution is 5.81. The molecule has 2 heterocycles. The van der Waals surface area contributed by atoms with E-state index in [1.807, 2.05) is 30.9 Å². The van der Waals surface area contributed by atoms with Crippen molar-refractivity contribution in [2.75, 3.05) is 6.54 Å². The molecule has 1 aromatic carbocycles. The summed E-state index contributed by atoms with van der Waals surface area (Å²) in [7, 11) is 0. The smallest absolute Gasteiger partial charge is 0.263 e. The van der Waals surface area contributed by atoms with Crippen LogP contribution in [-0.4, -0.2) is 28.6 Å². The lowest BCUT2D eigenvalue weighted by molar-refractivity contribution is -0.139. The maximum Gasteiger partial charge on any atom is 0.263 e. The van der Waals surface area contributed by atoms with Crippen LogP contribution in [-0.2, 0) is 17.6 Å². The molecule has 0 spiro atoms. The van der Waals surface area contributed by atoms with E-state index in [2.05, 4.69) is 17.3 Å². The number of aromatic nitrogens is 1. The fourth-order valence-electron chi connectivity index (χ4n) is 3.98. The predicted octanol–water partition coefficient (Wildman–Crippen LogP) is 3.60. The monoisotopic (exact) mass is 340 g/mol. The van der Waals surface area contributed by atoms with Gasteiger partial charge in [0.05, 0.1) is 11.7 Å². The fraction of sp³-hybridized carbons (Fsp3) is 0.500. The van der Waals surface area contributed by atoms with Gasteiger partial charge >= 0.3 is 0 Å². The summed E-state index contributed by atoms with van der Waals surface area (Å²) in [6, 6.07) is 8.09. The van der Waals surface area contributed by atoms with Crippen LogP contribution in [0.4, 0.5) is 0 Å². The molecule has 5 nitrogen and oxygen atoms in total. The third-order valence-corrected chi connectivity index (χ3v) is 5.24. The van der Waals surface area contributed by atoms with Gasteiger partial charge in [0, 0.05) is 12.6 Å². The number of hydrogen-bond acceptors (Lipinski definition) is 4. The Kier molecular flexibility index (Phi) is 4.24. The Labute approximate surface area is 147 Å². The lowest BCUT2D eigenvalue weighted by atomic mass is 10.1. The van der Waals surface area contributed by atoms with E-state index >= 15 is 0 Å². The van der Waals surface area contributed by atoms with Crippen LogP contribution < -0.4 is 4.74 Å². The highest BCUT2D eigenvalue weighted by Crippen LogP contribution is 2.33. The average Bonchev–Trinajstić information content (AvgIpc) is 3.33. The van der Waals surface area contributed by atoms with E-state index in [1.54, 1.807) is 0 Å². The highest BCUT2D eigenvalue weighted by atomic mass is 16.5. The minimum Gasteiger partial charge on any atom is -0.481 e. The Hall–Kier alpha value is -2.30. The molecule has 0 unspecified atom stereocenters. The molecule has 1 saturated heterocycles. The number of hydrogen-bond donors (Lipinski definition) is 0. The summed E-state index contributed by atoms with van der Waals surface area (Å²) >= 11 is 0. The number of nitrogens with zero attached hydrogens (tertiary/aromatic N) is 2. The van der Waals surface area contributed by atoms with Crippen LogP contribution in [0.5, 0.6) is 5.75 Å². The summed E-state index contributed by atoms with van der Waals surface area (Å²) in [5, 5.41) is 3.96. The Morgan fingerprint density at radius 1 is 1.28 bits per heavy atom. The summed E-state index contributed by atoms with van der Waals surface area (Å²) in [6.45, 7) is 4.46. The van der Waals surface area contributed by atoms with Crippen LogP contribution in [0.3, 0.4) is 0 Å². The molecule has 25 heavy (non-hydrogen) atoms. The topological polar surface area (TPSA) is 55.6 Å². The Morgan fingerprint density at radius 3 is 2.92 bits per heavy atom. The van der Waals surface area contributed by atoms with Gasteiger partial charge in [0.25, 0.3) is 5.91 Å². The molecule has 0 N–H and O–H groups in total. The first-order valence-corrected chi connectivity index (χ1v) is 9.14. The van der Waals surface area contributed by atoms with Gasteiger partial charge in [-0.2, -0.15) is 0 Å². The van der Waals surface area contributed by atoms with Crippen LogP contribution >= 0.6 is 0 Å². The molecular weight excluding hydrogens is 316 g/mol. The molecule has 0 bridgehead atoms. The van der Waals surface area contributed by atoms with Crippen molar-refractivity contribution in [1.29, 1.82) is 0 Å². The van der Waals surface area contributed by atoms with E-state index in [4.69, 9.17) is 9.26 Å². The molecule has 2 atom stereocenters. The molecule has 2 aromatic rings. The van der Waals surface area contributed by atoms with Crippen molar-refractivity contribution in [3.63, 3.8) is 0 Å². The van der Waals surface area contributed by atoms with Crippen LogP contribution in [0.1, 0.15) is 54.8 Å². The van der Waals surface area contributed by atoms with Gasteiger partial charge in [-0.15, -0.1) is 0 Å². The lowest BCUT2D eigenvalue weighted by Gasteiger charge is -2.26. The van der Waals surface area contributed by atoms with Crippen molar-refractivity contribution < 1.29 is 14.1 Å². The number of carbonyl (C=O) groups excluding carboxylic acids is 1. The largest absolute Gasteiger partial charge is 0.481 e. The van der Waals surface area contributed by atoms with Crippen LogP contribution in [0.25, 0.3) is 0 Å². The maximum atomic E-state index is 12.9. The summed E-state index contributed by atoms with van der Waals surface area (Å²) in [5.74, 6) is 1.57. The average molecular weight is 340 g/mol. The van der Waals surface area contributed by atoms with Gasteiger partial charge in [-0.1, -0.05) is 11.2 Å². The molecule has 1 aromatic heterocycles. The van der Waals surface area contributed by atoms with Crippen LogP contribution in [0, 0.1) is 6.92 Å². The summed E-state index contributed by atoms with van der Waals surface area (Å²) in [6.07, 6.45) is 4.83. The first-order chi connectivity index (χ1) is 12.1. The quantitative estimate of drug-likeness (QED) is 0.853. The van der Waals surface area contributed by atoms with Gasteiger partial charge in [-0.25, -0.2) is 0 Å². The second-order valence-electron chi connectivity index (χ2n) is 7.10. The number of carbonyl (C=O) groups is 1. The van der Waals surface area contributed by atoms with Gasteiger partial charge < -0.3 is 14.2 Å². The number of fused-ring (bicyclic) bond motifs is 1. The number of ether oxygens (including phenoxy) is 1. The second kappa shape index (κ2) is 6.54. The van der Waals surface area contributed by atoms with Gasteiger partial charge in [0.15, 0.2) is 11.9 Å². The van der Waals surface area contributed by atoms with Crippen molar-refractivity contribution in [1.82, 2.24) is 10.1 Å². The van der Waals surface area contributed by atoms with Crippen molar-refractivity contribution in [2.24, 2.45) is 0 Å². The number of aryl methyl sites for hydroxylation is 3. The summed E-state index contributed by atoms with van der Waals surface area (Å²) < 4.78 is 11.4. The summed E-state index contributed by atoms with van der Waals surface area (Å²) in [4.78, 5) is 14.8.